The van der Waals surface area contributed by atoms with Crippen LogP contribution in [0.1, 0.15) is 18.1 Å². The first kappa shape index (κ1) is 21.9. The molecule has 148 valence electrons. The lowest BCUT2D eigenvalue weighted by atomic mass is 10.1. The van der Waals surface area contributed by atoms with Gasteiger partial charge in [-0.1, -0.05) is 46.3 Å². The van der Waals surface area contributed by atoms with Gasteiger partial charge in [0.05, 0.1) is 17.3 Å². The second-order valence-electron chi connectivity index (χ2n) is 5.67. The van der Waals surface area contributed by atoms with E-state index in [0.29, 0.717) is 10.0 Å². The third-order valence-corrected chi connectivity index (χ3v) is 4.67. The van der Waals surface area contributed by atoms with Crippen LogP contribution in [0.25, 0.3) is 0 Å². The van der Waals surface area contributed by atoms with Crippen molar-refractivity contribution in [2.75, 3.05) is 6.61 Å². The van der Waals surface area contributed by atoms with Crippen LogP contribution in [0, 0.1) is 0 Å². The number of phenols is 1. The molecule has 0 saturated heterocycles. The van der Waals surface area contributed by atoms with Gasteiger partial charge in [0.15, 0.2) is 0 Å². The van der Waals surface area contributed by atoms with Crippen molar-refractivity contribution in [3.05, 3.63) is 62.5 Å². The minimum absolute atomic E-state index is 0.00770. The van der Waals surface area contributed by atoms with Crippen molar-refractivity contribution in [3.8, 4) is 5.75 Å². The number of amides is 2. The van der Waals surface area contributed by atoms with E-state index in [1.165, 1.54) is 6.21 Å². The van der Waals surface area contributed by atoms with E-state index < -0.39 is 18.0 Å². The number of rotatable bonds is 7. The molecule has 7 nitrogen and oxygen atoms in total. The molecular formula is C19H19Br2N3O4. The molecule has 2 amide bonds. The number of nitrogens with one attached hydrogen (secondary N) is 2. The van der Waals surface area contributed by atoms with Gasteiger partial charge < -0.3 is 15.2 Å². The highest BCUT2D eigenvalue weighted by molar-refractivity contribution is 9.11. The number of carbonyl (C=O) groups is 2. The zero-order valence-corrected chi connectivity index (χ0v) is 18.2. The SMILES string of the molecule is CCOC(=O)N[C@H](Cc1ccccc1)C(=O)N/N=C\c1cc(Br)cc(Br)c1O. The number of hydrazone groups is 1. The Balaban J connectivity index is 2.09. The van der Waals surface area contributed by atoms with Crippen molar-refractivity contribution < 1.29 is 19.4 Å². The Morgan fingerprint density at radius 2 is 1.96 bits per heavy atom. The number of hydrogen-bond acceptors (Lipinski definition) is 5. The molecule has 0 spiro atoms. The maximum Gasteiger partial charge on any atom is 0.407 e. The molecule has 9 heteroatoms. The fraction of sp³-hybridized carbons (Fsp3) is 0.211. The Labute approximate surface area is 179 Å². The van der Waals surface area contributed by atoms with E-state index >= 15 is 0 Å². The van der Waals surface area contributed by atoms with Gasteiger partial charge in [0.2, 0.25) is 0 Å². The molecule has 0 fully saturated rings. The summed E-state index contributed by atoms with van der Waals surface area (Å²) in [5.74, 6) is -0.520. The van der Waals surface area contributed by atoms with E-state index in [2.05, 4.69) is 47.7 Å². The second-order valence-corrected chi connectivity index (χ2v) is 7.44. The Morgan fingerprint density at radius 1 is 1.25 bits per heavy atom. The molecule has 0 unspecified atom stereocenters. The summed E-state index contributed by atoms with van der Waals surface area (Å²) in [7, 11) is 0. The van der Waals surface area contributed by atoms with Gasteiger partial charge in [0.1, 0.15) is 11.8 Å². The first-order chi connectivity index (χ1) is 13.4. The van der Waals surface area contributed by atoms with Crippen LogP contribution < -0.4 is 10.7 Å². The summed E-state index contributed by atoms with van der Waals surface area (Å²) in [5, 5.41) is 16.4. The number of phenolic OH excluding ortho intramolecular Hbond substituents is 1. The molecule has 2 aromatic carbocycles. The van der Waals surface area contributed by atoms with Crippen LogP contribution in [0.4, 0.5) is 4.79 Å². The van der Waals surface area contributed by atoms with Crippen molar-refractivity contribution in [1.82, 2.24) is 10.7 Å². The summed E-state index contributed by atoms with van der Waals surface area (Å²) in [6.45, 7) is 1.87. The number of benzene rings is 2. The van der Waals surface area contributed by atoms with E-state index in [-0.39, 0.29) is 18.8 Å². The molecule has 0 aliphatic carbocycles. The van der Waals surface area contributed by atoms with Crippen LogP contribution in [0.2, 0.25) is 0 Å². The van der Waals surface area contributed by atoms with Crippen LogP contribution in [-0.4, -0.2) is 36.0 Å². The molecule has 0 aliphatic heterocycles. The topological polar surface area (TPSA) is 100 Å². The molecule has 0 heterocycles. The number of hydrogen-bond donors (Lipinski definition) is 3. The number of alkyl carbamates (subject to hydrolysis) is 1. The molecule has 0 saturated carbocycles. The standard InChI is InChI=1S/C19H19Br2N3O4/c1-2-28-19(27)23-16(8-12-6-4-3-5-7-12)18(26)24-22-11-13-9-14(20)10-15(21)17(13)25/h3-7,9-11,16,25H,2,8H2,1H3,(H,23,27)(H,24,26)/b22-11-/t16-/m1/s1. The highest BCUT2D eigenvalue weighted by Gasteiger charge is 2.21. The summed E-state index contributed by atoms with van der Waals surface area (Å²) >= 11 is 6.55. The van der Waals surface area contributed by atoms with Crippen molar-refractivity contribution in [1.29, 1.82) is 0 Å². The Morgan fingerprint density at radius 3 is 2.64 bits per heavy atom. The summed E-state index contributed by atoms with van der Waals surface area (Å²) in [6.07, 6.45) is 0.901. The predicted octanol–water partition coefficient (Wildman–Crippen LogP) is 3.72. The quantitative estimate of drug-likeness (QED) is 0.388. The van der Waals surface area contributed by atoms with E-state index in [4.69, 9.17) is 4.74 Å². The average molecular weight is 513 g/mol. The molecule has 3 N–H and O–H groups in total. The van der Waals surface area contributed by atoms with Crippen molar-refractivity contribution in [2.45, 2.75) is 19.4 Å². The Kier molecular flexibility index (Phi) is 8.46. The molecule has 2 aromatic rings. The number of halogens is 2. The summed E-state index contributed by atoms with van der Waals surface area (Å²) in [6, 6.07) is 11.7. The minimum Gasteiger partial charge on any atom is -0.506 e. The zero-order valence-electron chi connectivity index (χ0n) is 15.0. The number of ether oxygens (including phenoxy) is 1. The number of nitrogens with zero attached hydrogens (tertiary/aromatic N) is 1. The molecule has 0 aliphatic rings. The normalized spacial score (nSPS) is 11.8. The van der Waals surface area contributed by atoms with Crippen LogP contribution >= 0.6 is 31.9 Å². The van der Waals surface area contributed by atoms with E-state index in [1.807, 2.05) is 30.3 Å². The van der Waals surface area contributed by atoms with Gasteiger partial charge in [-0.3, -0.25) is 4.79 Å². The van der Waals surface area contributed by atoms with E-state index in [1.54, 1.807) is 19.1 Å². The lowest BCUT2D eigenvalue weighted by Crippen LogP contribution is -2.47. The summed E-state index contributed by atoms with van der Waals surface area (Å²) in [5.41, 5.74) is 3.66. The lowest BCUT2D eigenvalue weighted by Gasteiger charge is -2.16. The second kappa shape index (κ2) is 10.8. The average Bonchev–Trinajstić information content (AvgIpc) is 2.66. The molecule has 0 radical (unpaired) electrons. The molecular weight excluding hydrogens is 494 g/mol. The minimum atomic E-state index is -0.874. The van der Waals surface area contributed by atoms with Crippen LogP contribution in [0.3, 0.4) is 0 Å². The fourth-order valence-electron chi connectivity index (χ4n) is 2.30. The van der Waals surface area contributed by atoms with Gasteiger partial charge in [-0.25, -0.2) is 10.2 Å². The molecule has 1 atom stereocenters. The maximum absolute atomic E-state index is 12.5. The van der Waals surface area contributed by atoms with Gasteiger partial charge in [0.25, 0.3) is 5.91 Å². The largest absolute Gasteiger partial charge is 0.506 e. The molecule has 2 rings (SSSR count). The lowest BCUT2D eigenvalue weighted by molar-refractivity contribution is -0.123. The predicted molar refractivity (Wildman–Crippen MR) is 113 cm³/mol. The summed E-state index contributed by atoms with van der Waals surface area (Å²) < 4.78 is 6.08. The highest BCUT2D eigenvalue weighted by Crippen LogP contribution is 2.30. The van der Waals surface area contributed by atoms with Crippen LogP contribution in [-0.2, 0) is 16.0 Å². The highest BCUT2D eigenvalue weighted by atomic mass is 79.9. The summed E-state index contributed by atoms with van der Waals surface area (Å²) in [4.78, 5) is 24.3. The van der Waals surface area contributed by atoms with Gasteiger partial charge in [-0.15, -0.1) is 0 Å². The van der Waals surface area contributed by atoms with Gasteiger partial charge in [-0.2, -0.15) is 5.10 Å². The fourth-order valence-corrected chi connectivity index (χ4v) is 3.56. The first-order valence-corrected chi connectivity index (χ1v) is 9.97. The molecule has 0 bridgehead atoms. The van der Waals surface area contributed by atoms with Gasteiger partial charge in [0, 0.05) is 16.5 Å². The molecule has 0 aromatic heterocycles. The van der Waals surface area contributed by atoms with Crippen LogP contribution in [0.15, 0.2) is 56.5 Å². The van der Waals surface area contributed by atoms with Crippen LogP contribution in [0.5, 0.6) is 5.75 Å². The molecule has 28 heavy (non-hydrogen) atoms. The monoisotopic (exact) mass is 511 g/mol. The van der Waals surface area contributed by atoms with Gasteiger partial charge >= 0.3 is 6.09 Å². The Bertz CT molecular complexity index is 860. The van der Waals surface area contributed by atoms with E-state index in [0.717, 1.165) is 10.0 Å². The smallest absolute Gasteiger partial charge is 0.407 e. The van der Waals surface area contributed by atoms with Crippen molar-refractivity contribution in [2.24, 2.45) is 5.10 Å². The maximum atomic E-state index is 12.5. The number of aromatic hydroxyl groups is 1. The van der Waals surface area contributed by atoms with Crippen molar-refractivity contribution >= 4 is 50.1 Å². The third-order valence-electron chi connectivity index (χ3n) is 3.60. The zero-order chi connectivity index (χ0) is 20.5. The third kappa shape index (κ3) is 6.65. The van der Waals surface area contributed by atoms with E-state index in [9.17, 15) is 14.7 Å². The number of carbonyl (C=O) groups excluding carboxylic acids is 2. The first-order valence-electron chi connectivity index (χ1n) is 8.38. The Hall–Kier alpha value is -2.39. The van der Waals surface area contributed by atoms with Crippen molar-refractivity contribution in [3.63, 3.8) is 0 Å². The van der Waals surface area contributed by atoms with Gasteiger partial charge in [-0.05, 0) is 40.5 Å².